The Labute approximate surface area is 100 Å². The van der Waals surface area contributed by atoms with E-state index in [1.54, 1.807) is 16.6 Å². The average molecular weight is 238 g/mol. The van der Waals surface area contributed by atoms with Crippen LogP contribution >= 0.6 is 0 Å². The van der Waals surface area contributed by atoms with Gasteiger partial charge in [-0.2, -0.15) is 5.10 Å². The molecule has 0 saturated carbocycles. The van der Waals surface area contributed by atoms with E-state index in [1.165, 1.54) is 0 Å². The van der Waals surface area contributed by atoms with Crippen molar-refractivity contribution in [1.82, 2.24) is 14.7 Å². The van der Waals surface area contributed by atoms with Crippen LogP contribution < -0.4 is 5.73 Å². The van der Waals surface area contributed by atoms with Gasteiger partial charge in [0.25, 0.3) is 5.91 Å². The van der Waals surface area contributed by atoms with E-state index in [9.17, 15) is 4.79 Å². The first-order chi connectivity index (χ1) is 8.15. The number of carbonyl (C=O) groups excluding carboxylic acids is 1. The van der Waals surface area contributed by atoms with Crippen LogP contribution in [-0.2, 0) is 18.2 Å². The lowest BCUT2D eigenvalue weighted by Gasteiger charge is -2.26. The van der Waals surface area contributed by atoms with Crippen LogP contribution in [0.1, 0.15) is 23.1 Å². The number of rotatable bonds is 2. The van der Waals surface area contributed by atoms with Crippen molar-refractivity contribution in [2.75, 3.05) is 32.0 Å². The van der Waals surface area contributed by atoms with E-state index in [1.807, 2.05) is 6.92 Å². The van der Waals surface area contributed by atoms with Gasteiger partial charge in [0.1, 0.15) is 5.69 Å². The fourth-order valence-electron chi connectivity index (χ4n) is 2.03. The highest BCUT2D eigenvalue weighted by Gasteiger charge is 2.25. The summed E-state index contributed by atoms with van der Waals surface area (Å²) in [4.78, 5) is 14.1. The number of ether oxygens (including phenoxy) is 1. The molecule has 1 saturated heterocycles. The van der Waals surface area contributed by atoms with Gasteiger partial charge in [0.05, 0.1) is 24.6 Å². The quantitative estimate of drug-likeness (QED) is 0.789. The molecule has 0 aliphatic carbocycles. The molecule has 1 aliphatic rings. The molecule has 2 N–H and O–H groups in total. The number of amides is 1. The molecule has 1 aromatic heterocycles. The molecule has 94 valence electrons. The third kappa shape index (κ3) is 2.12. The van der Waals surface area contributed by atoms with Gasteiger partial charge >= 0.3 is 0 Å². The summed E-state index contributed by atoms with van der Waals surface area (Å²) in [5.74, 6) is -0.0551. The number of nitrogens with zero attached hydrogens (tertiary/aromatic N) is 3. The van der Waals surface area contributed by atoms with Crippen LogP contribution in [0.4, 0.5) is 5.69 Å². The van der Waals surface area contributed by atoms with E-state index in [0.29, 0.717) is 37.7 Å². The van der Waals surface area contributed by atoms with E-state index in [4.69, 9.17) is 10.5 Å². The normalized spacial score (nSPS) is 16.2. The number of nitrogens with two attached hydrogens (primary N) is 1. The molecule has 0 radical (unpaired) electrons. The van der Waals surface area contributed by atoms with Crippen molar-refractivity contribution in [3.05, 3.63) is 11.4 Å². The highest BCUT2D eigenvalue weighted by molar-refractivity contribution is 5.98. The molecule has 2 heterocycles. The van der Waals surface area contributed by atoms with Gasteiger partial charge in [-0.3, -0.25) is 9.48 Å². The first-order valence-corrected chi connectivity index (χ1v) is 5.83. The zero-order valence-corrected chi connectivity index (χ0v) is 10.3. The molecule has 1 aliphatic heterocycles. The van der Waals surface area contributed by atoms with Crippen molar-refractivity contribution in [3.8, 4) is 0 Å². The van der Waals surface area contributed by atoms with Crippen molar-refractivity contribution in [2.24, 2.45) is 7.05 Å². The summed E-state index contributed by atoms with van der Waals surface area (Å²) >= 11 is 0. The highest BCUT2D eigenvalue weighted by Crippen LogP contribution is 2.19. The predicted molar refractivity (Wildman–Crippen MR) is 63.7 cm³/mol. The van der Waals surface area contributed by atoms with E-state index in [2.05, 4.69) is 5.10 Å². The summed E-state index contributed by atoms with van der Waals surface area (Å²) in [5, 5.41) is 4.26. The predicted octanol–water partition coefficient (Wildman–Crippen LogP) is 0.0371. The third-order valence-corrected chi connectivity index (χ3v) is 3.00. The number of nitrogen functional groups attached to an aromatic ring is 1. The molecule has 6 heteroatoms. The number of carbonyl (C=O) groups is 1. The zero-order chi connectivity index (χ0) is 12.4. The van der Waals surface area contributed by atoms with Crippen LogP contribution in [0.2, 0.25) is 0 Å². The Morgan fingerprint density at radius 1 is 1.47 bits per heavy atom. The van der Waals surface area contributed by atoms with E-state index >= 15 is 0 Å². The van der Waals surface area contributed by atoms with Gasteiger partial charge < -0.3 is 15.4 Å². The molecule has 17 heavy (non-hydrogen) atoms. The molecule has 2 rings (SSSR count). The lowest BCUT2D eigenvalue weighted by atomic mass is 10.2. The van der Waals surface area contributed by atoms with Gasteiger partial charge in [-0.1, -0.05) is 6.92 Å². The largest absolute Gasteiger partial charge is 0.395 e. The van der Waals surface area contributed by atoms with Crippen molar-refractivity contribution in [3.63, 3.8) is 0 Å². The Kier molecular flexibility index (Phi) is 3.33. The Morgan fingerprint density at radius 2 is 2.12 bits per heavy atom. The van der Waals surface area contributed by atoms with Gasteiger partial charge in [0, 0.05) is 20.1 Å². The maximum absolute atomic E-state index is 12.3. The average Bonchev–Trinajstić information content (AvgIpc) is 2.64. The molecule has 1 aromatic rings. The van der Waals surface area contributed by atoms with Crippen LogP contribution in [0.15, 0.2) is 0 Å². The molecule has 6 nitrogen and oxygen atoms in total. The zero-order valence-electron chi connectivity index (χ0n) is 10.3. The van der Waals surface area contributed by atoms with Crippen molar-refractivity contribution in [1.29, 1.82) is 0 Å². The summed E-state index contributed by atoms with van der Waals surface area (Å²) in [5.41, 5.74) is 7.74. The minimum absolute atomic E-state index is 0.0551. The molecular formula is C11H18N4O2. The van der Waals surface area contributed by atoms with E-state index in [0.717, 1.165) is 12.1 Å². The van der Waals surface area contributed by atoms with E-state index < -0.39 is 0 Å². The highest BCUT2D eigenvalue weighted by atomic mass is 16.5. The standard InChI is InChI=1S/C11H18N4O2/c1-3-8-9(12)10(14(2)13-8)11(16)15-4-6-17-7-5-15/h3-7,12H2,1-2H3. The summed E-state index contributed by atoms with van der Waals surface area (Å²) in [6.45, 7) is 4.38. The topological polar surface area (TPSA) is 73.4 Å². The minimum atomic E-state index is -0.0551. The fraction of sp³-hybridized carbons (Fsp3) is 0.636. The first kappa shape index (κ1) is 11.9. The number of morpholine rings is 1. The number of hydrogen-bond acceptors (Lipinski definition) is 4. The fourth-order valence-corrected chi connectivity index (χ4v) is 2.03. The molecular weight excluding hydrogens is 220 g/mol. The number of hydrogen-bond donors (Lipinski definition) is 1. The van der Waals surface area contributed by atoms with Gasteiger partial charge in [-0.15, -0.1) is 0 Å². The Bertz CT molecular complexity index is 421. The van der Waals surface area contributed by atoms with Crippen molar-refractivity contribution >= 4 is 11.6 Å². The van der Waals surface area contributed by atoms with Gasteiger partial charge in [-0.05, 0) is 6.42 Å². The molecule has 0 unspecified atom stereocenters. The van der Waals surface area contributed by atoms with Crippen molar-refractivity contribution < 1.29 is 9.53 Å². The number of aromatic nitrogens is 2. The SMILES string of the molecule is CCc1nn(C)c(C(=O)N2CCOCC2)c1N. The molecule has 0 spiro atoms. The molecule has 1 amide bonds. The van der Waals surface area contributed by atoms with Crippen LogP contribution in [0.5, 0.6) is 0 Å². The Morgan fingerprint density at radius 3 is 2.65 bits per heavy atom. The number of anilines is 1. The summed E-state index contributed by atoms with van der Waals surface area (Å²) < 4.78 is 6.80. The maximum Gasteiger partial charge on any atom is 0.274 e. The Hall–Kier alpha value is -1.56. The van der Waals surface area contributed by atoms with Gasteiger partial charge in [0.15, 0.2) is 0 Å². The molecule has 0 bridgehead atoms. The smallest absolute Gasteiger partial charge is 0.274 e. The summed E-state index contributed by atoms with van der Waals surface area (Å²) in [6, 6.07) is 0. The van der Waals surface area contributed by atoms with Crippen LogP contribution in [0.25, 0.3) is 0 Å². The second-order valence-electron chi connectivity index (χ2n) is 4.09. The molecule has 1 fully saturated rings. The van der Waals surface area contributed by atoms with Gasteiger partial charge in [0.2, 0.25) is 0 Å². The van der Waals surface area contributed by atoms with Crippen LogP contribution in [0.3, 0.4) is 0 Å². The molecule has 0 atom stereocenters. The second kappa shape index (κ2) is 4.75. The van der Waals surface area contributed by atoms with Crippen LogP contribution in [0, 0.1) is 0 Å². The number of aryl methyl sites for hydroxylation is 2. The van der Waals surface area contributed by atoms with Gasteiger partial charge in [-0.25, -0.2) is 0 Å². The first-order valence-electron chi connectivity index (χ1n) is 5.83. The minimum Gasteiger partial charge on any atom is -0.395 e. The third-order valence-electron chi connectivity index (χ3n) is 3.00. The van der Waals surface area contributed by atoms with E-state index in [-0.39, 0.29) is 5.91 Å². The van der Waals surface area contributed by atoms with Crippen molar-refractivity contribution in [2.45, 2.75) is 13.3 Å². The maximum atomic E-state index is 12.3. The lowest BCUT2D eigenvalue weighted by Crippen LogP contribution is -2.41. The second-order valence-corrected chi connectivity index (χ2v) is 4.09. The summed E-state index contributed by atoms with van der Waals surface area (Å²) in [6.07, 6.45) is 0.732. The molecule has 0 aromatic carbocycles. The summed E-state index contributed by atoms with van der Waals surface area (Å²) in [7, 11) is 1.75. The van der Waals surface area contributed by atoms with Crippen LogP contribution in [-0.4, -0.2) is 46.9 Å². The Balaban J connectivity index is 2.26. The lowest BCUT2D eigenvalue weighted by molar-refractivity contribution is 0.0296. The monoisotopic (exact) mass is 238 g/mol.